The summed E-state index contributed by atoms with van der Waals surface area (Å²) in [7, 11) is 1.23. The van der Waals surface area contributed by atoms with Crippen LogP contribution in [0.4, 0.5) is 13.2 Å². The number of halogens is 3. The second-order valence-corrected chi connectivity index (χ2v) is 13.0. The largest absolute Gasteiger partial charge is 0.385 e. The van der Waals surface area contributed by atoms with Crippen molar-refractivity contribution in [1.29, 1.82) is 0 Å². The van der Waals surface area contributed by atoms with Crippen LogP contribution in [0, 0.1) is 17.5 Å². The molecule has 34 heavy (non-hydrogen) atoms. The third-order valence-electron chi connectivity index (χ3n) is 7.23. The van der Waals surface area contributed by atoms with E-state index in [0.717, 1.165) is 37.1 Å². The van der Waals surface area contributed by atoms with Crippen molar-refractivity contribution in [1.82, 2.24) is 0 Å². The molecule has 0 unspecified atom stereocenters. The maximum atomic E-state index is 14.6. The van der Waals surface area contributed by atoms with Gasteiger partial charge in [-0.05, 0) is 78.5 Å². The molecule has 1 aliphatic rings. The average Bonchev–Trinajstić information content (AvgIpc) is 2.86. The molecule has 1 saturated heterocycles. The van der Waals surface area contributed by atoms with Crippen LogP contribution < -0.4 is 0 Å². The molecule has 1 fully saturated rings. The molecular formula is C29H33F3OSi. The highest BCUT2D eigenvalue weighted by atomic mass is 28.3. The summed E-state index contributed by atoms with van der Waals surface area (Å²) in [5.74, 6) is -1.63. The molecule has 1 heterocycles. The van der Waals surface area contributed by atoms with Gasteiger partial charge < -0.3 is 4.74 Å². The van der Waals surface area contributed by atoms with Gasteiger partial charge in [0.25, 0.3) is 0 Å². The smallest absolute Gasteiger partial charge is 0.159 e. The van der Waals surface area contributed by atoms with E-state index in [9.17, 15) is 13.2 Å². The lowest BCUT2D eigenvalue weighted by atomic mass is 9.92. The third kappa shape index (κ3) is 6.39. The molecule has 0 radical (unpaired) electrons. The molecule has 3 aromatic rings. The van der Waals surface area contributed by atoms with Gasteiger partial charge in [-0.2, -0.15) is 0 Å². The molecule has 1 nitrogen and oxygen atoms in total. The first kappa shape index (κ1) is 24.7. The molecule has 0 saturated carbocycles. The van der Waals surface area contributed by atoms with Crippen LogP contribution in [0.15, 0.2) is 60.7 Å². The molecule has 180 valence electrons. The fourth-order valence-electron chi connectivity index (χ4n) is 5.16. The van der Waals surface area contributed by atoms with Gasteiger partial charge in [-0.3, -0.25) is 0 Å². The fourth-order valence-corrected chi connectivity index (χ4v) is 8.52. The van der Waals surface area contributed by atoms with Crippen LogP contribution in [0.3, 0.4) is 0 Å². The van der Waals surface area contributed by atoms with Crippen molar-refractivity contribution in [3.63, 3.8) is 0 Å². The van der Waals surface area contributed by atoms with E-state index in [1.54, 1.807) is 13.2 Å². The van der Waals surface area contributed by atoms with Gasteiger partial charge in [-0.1, -0.05) is 60.6 Å². The molecule has 5 heteroatoms. The molecular weight excluding hydrogens is 449 g/mol. The number of benzene rings is 3. The number of hydrogen-bond donors (Lipinski definition) is 0. The Balaban J connectivity index is 1.30. The molecule has 1 aliphatic heterocycles. The van der Waals surface area contributed by atoms with E-state index in [4.69, 9.17) is 4.74 Å². The Morgan fingerprint density at radius 1 is 0.794 bits per heavy atom. The van der Waals surface area contributed by atoms with Crippen LogP contribution in [-0.2, 0) is 17.6 Å². The van der Waals surface area contributed by atoms with Gasteiger partial charge in [0.2, 0.25) is 0 Å². The molecule has 0 spiro atoms. The van der Waals surface area contributed by atoms with Crippen molar-refractivity contribution in [3.8, 4) is 11.1 Å². The lowest BCUT2D eigenvalue weighted by Crippen LogP contribution is -2.20. The lowest BCUT2D eigenvalue weighted by molar-refractivity contribution is 0.199. The Bertz CT molecular complexity index is 1080. The highest BCUT2D eigenvalue weighted by Crippen LogP contribution is 2.35. The number of methoxy groups -OCH3 is 1. The Hall–Kier alpha value is -2.37. The monoisotopic (exact) mass is 482 g/mol. The molecule has 0 bridgehead atoms. The summed E-state index contributed by atoms with van der Waals surface area (Å²) in [6.45, 7) is 0.902. The number of rotatable bonds is 9. The van der Waals surface area contributed by atoms with Crippen LogP contribution >= 0.6 is 0 Å². The molecule has 0 amide bonds. The van der Waals surface area contributed by atoms with Gasteiger partial charge in [-0.25, -0.2) is 13.2 Å². The van der Waals surface area contributed by atoms with Crippen LogP contribution in [0.25, 0.3) is 11.1 Å². The third-order valence-corrected chi connectivity index (χ3v) is 10.7. The summed E-state index contributed by atoms with van der Waals surface area (Å²) in [6.07, 6.45) is 5.44. The maximum absolute atomic E-state index is 14.6. The summed E-state index contributed by atoms with van der Waals surface area (Å²) < 4.78 is 46.5. The summed E-state index contributed by atoms with van der Waals surface area (Å²) in [6, 6.07) is 21.8. The van der Waals surface area contributed by atoms with Crippen molar-refractivity contribution in [3.05, 3.63) is 94.8 Å². The molecule has 4 rings (SSSR count). The lowest BCUT2D eigenvalue weighted by Gasteiger charge is -2.28. The summed E-state index contributed by atoms with van der Waals surface area (Å²) >= 11 is 0. The molecule has 0 aliphatic carbocycles. The number of ether oxygens (including phenoxy) is 1. The first-order valence-corrected chi connectivity index (χ1v) is 14.8. The van der Waals surface area contributed by atoms with E-state index in [2.05, 4.69) is 24.3 Å². The predicted octanol–water partition coefficient (Wildman–Crippen LogP) is 7.70. The fraction of sp³-hybridized carbons (Fsp3) is 0.379. The van der Waals surface area contributed by atoms with Gasteiger partial charge in [0.1, 0.15) is 5.82 Å². The summed E-state index contributed by atoms with van der Waals surface area (Å²) in [5, 5.41) is 0. The minimum Gasteiger partial charge on any atom is -0.385 e. The van der Waals surface area contributed by atoms with Gasteiger partial charge >= 0.3 is 0 Å². The zero-order chi connectivity index (χ0) is 23.9. The van der Waals surface area contributed by atoms with Crippen LogP contribution in [0.5, 0.6) is 0 Å². The maximum Gasteiger partial charge on any atom is 0.159 e. The SMILES string of the molecule is COCCC[Si@H]1CC[C@H](c2ccc(CCc3ccc(-c4ccc(F)c(F)c4)c(F)c3)cc2)CC1. The van der Waals surface area contributed by atoms with Crippen molar-refractivity contribution in [2.45, 2.75) is 56.2 Å². The van der Waals surface area contributed by atoms with Crippen molar-refractivity contribution >= 4 is 8.80 Å². The highest BCUT2D eigenvalue weighted by molar-refractivity contribution is 6.59. The summed E-state index contributed by atoms with van der Waals surface area (Å²) in [5.41, 5.74) is 4.21. The molecule has 0 atom stereocenters. The van der Waals surface area contributed by atoms with E-state index in [-0.39, 0.29) is 5.56 Å². The van der Waals surface area contributed by atoms with Gasteiger partial charge in [-0.15, -0.1) is 0 Å². The van der Waals surface area contributed by atoms with Crippen molar-refractivity contribution in [2.75, 3.05) is 13.7 Å². The highest BCUT2D eigenvalue weighted by Gasteiger charge is 2.23. The van der Waals surface area contributed by atoms with E-state index in [0.29, 0.717) is 11.5 Å². The second-order valence-electron chi connectivity index (χ2n) is 9.54. The number of aryl methyl sites for hydroxylation is 2. The Morgan fingerprint density at radius 2 is 1.50 bits per heavy atom. The zero-order valence-electron chi connectivity index (χ0n) is 19.8. The van der Waals surface area contributed by atoms with Crippen molar-refractivity contribution in [2.24, 2.45) is 0 Å². The zero-order valence-corrected chi connectivity index (χ0v) is 21.0. The van der Waals surface area contributed by atoms with Crippen molar-refractivity contribution < 1.29 is 17.9 Å². The minimum absolute atomic E-state index is 0.281. The molecule has 0 N–H and O–H groups in total. The van der Waals surface area contributed by atoms with Gasteiger partial charge in [0, 0.05) is 28.1 Å². The Labute approximate surface area is 202 Å². The Kier molecular flexibility index (Phi) is 8.62. The van der Waals surface area contributed by atoms with Crippen LogP contribution in [0.1, 0.15) is 41.9 Å². The first-order valence-electron chi connectivity index (χ1n) is 12.3. The second kappa shape index (κ2) is 11.9. The number of hydrogen-bond acceptors (Lipinski definition) is 1. The Morgan fingerprint density at radius 3 is 2.18 bits per heavy atom. The first-order chi connectivity index (χ1) is 16.5. The van der Waals surface area contributed by atoms with Gasteiger partial charge in [0.05, 0.1) is 0 Å². The molecule has 0 aromatic heterocycles. The van der Waals surface area contributed by atoms with Gasteiger partial charge in [0.15, 0.2) is 11.6 Å². The quantitative estimate of drug-likeness (QED) is 0.224. The normalized spacial score (nSPS) is 18.2. The van der Waals surface area contributed by atoms with E-state index < -0.39 is 26.2 Å². The summed E-state index contributed by atoms with van der Waals surface area (Å²) in [4.78, 5) is 0. The van der Waals surface area contributed by atoms with E-state index in [1.165, 1.54) is 60.7 Å². The van der Waals surface area contributed by atoms with E-state index in [1.807, 2.05) is 6.07 Å². The topological polar surface area (TPSA) is 9.23 Å². The van der Waals surface area contributed by atoms with Crippen LogP contribution in [-0.4, -0.2) is 22.5 Å². The van der Waals surface area contributed by atoms with Crippen LogP contribution in [0.2, 0.25) is 18.1 Å². The standard InChI is InChI=1S/C29H33F3OSi/c1-33-15-2-16-34-17-13-24(14-18-34)23-8-5-21(6-9-23)3-4-22-7-11-26(28(31)19-22)25-10-12-27(30)29(32)20-25/h5-12,19-20,24,34H,2-4,13-18H2,1H3/t24-,34-. The van der Waals surface area contributed by atoms with E-state index >= 15 is 0 Å². The molecule has 3 aromatic carbocycles. The predicted molar refractivity (Wildman–Crippen MR) is 136 cm³/mol. The average molecular weight is 483 g/mol. The minimum atomic E-state index is -0.971.